The van der Waals surface area contributed by atoms with Gasteiger partial charge in [0.25, 0.3) is 0 Å². The van der Waals surface area contributed by atoms with Crippen molar-refractivity contribution >= 4 is 28.5 Å². The van der Waals surface area contributed by atoms with Gasteiger partial charge >= 0.3 is 0 Å². The number of aromatic nitrogens is 1. The first-order valence-corrected chi connectivity index (χ1v) is 6.21. The maximum Gasteiger partial charge on any atom is 0.213 e. The first-order chi connectivity index (χ1) is 7.20. The molecular weight excluding hydrogens is 228 g/mol. The molecule has 15 heavy (non-hydrogen) atoms. The van der Waals surface area contributed by atoms with Gasteiger partial charge in [-0.05, 0) is 13.0 Å². The number of carbonyl (C=O) groups is 1. The second-order valence-corrected chi connectivity index (χ2v) is 5.16. The van der Waals surface area contributed by atoms with E-state index in [-0.39, 0.29) is 5.78 Å². The molecule has 0 aliphatic heterocycles. The first kappa shape index (κ1) is 10.5. The molecule has 0 unspecified atom stereocenters. The van der Waals surface area contributed by atoms with E-state index in [2.05, 4.69) is 4.98 Å². The second kappa shape index (κ2) is 4.22. The predicted molar refractivity (Wildman–Crippen MR) is 62.5 cm³/mol. The standard InChI is InChI=1S/C10H10N2OS2/c1-6-2-7(4-14-6)10(13)8-5-15-9(3-11)12-8/h2,4-5H,3,11H2,1H3. The topological polar surface area (TPSA) is 56.0 Å². The molecule has 0 aliphatic carbocycles. The van der Waals surface area contributed by atoms with E-state index in [0.29, 0.717) is 17.8 Å². The molecule has 0 atom stereocenters. The summed E-state index contributed by atoms with van der Waals surface area (Å²) in [4.78, 5) is 17.2. The Morgan fingerprint density at radius 1 is 1.47 bits per heavy atom. The Morgan fingerprint density at radius 2 is 2.27 bits per heavy atom. The quantitative estimate of drug-likeness (QED) is 0.834. The number of hydrogen-bond acceptors (Lipinski definition) is 5. The van der Waals surface area contributed by atoms with Crippen LogP contribution in [0.5, 0.6) is 0 Å². The van der Waals surface area contributed by atoms with Crippen molar-refractivity contribution < 1.29 is 4.79 Å². The zero-order chi connectivity index (χ0) is 10.8. The Hall–Kier alpha value is -1.04. The van der Waals surface area contributed by atoms with Crippen LogP contribution in [-0.2, 0) is 6.54 Å². The summed E-state index contributed by atoms with van der Waals surface area (Å²) in [7, 11) is 0. The molecule has 78 valence electrons. The van der Waals surface area contributed by atoms with Crippen molar-refractivity contribution in [2.45, 2.75) is 13.5 Å². The molecule has 0 radical (unpaired) electrons. The molecular formula is C10H10N2OS2. The van der Waals surface area contributed by atoms with Crippen LogP contribution < -0.4 is 5.73 Å². The van der Waals surface area contributed by atoms with Crippen LogP contribution in [0.2, 0.25) is 0 Å². The average molecular weight is 238 g/mol. The highest BCUT2D eigenvalue weighted by Crippen LogP contribution is 2.18. The fraction of sp³-hybridized carbons (Fsp3) is 0.200. The maximum atomic E-state index is 11.9. The minimum Gasteiger partial charge on any atom is -0.325 e. The number of ketones is 1. The molecule has 0 saturated carbocycles. The van der Waals surface area contributed by atoms with Gasteiger partial charge in [0.05, 0.1) is 0 Å². The van der Waals surface area contributed by atoms with Gasteiger partial charge in [-0.15, -0.1) is 22.7 Å². The van der Waals surface area contributed by atoms with E-state index in [1.54, 1.807) is 16.7 Å². The molecule has 5 heteroatoms. The molecule has 2 aromatic heterocycles. The molecule has 0 spiro atoms. The monoisotopic (exact) mass is 238 g/mol. The lowest BCUT2D eigenvalue weighted by atomic mass is 10.2. The zero-order valence-electron chi connectivity index (χ0n) is 8.19. The van der Waals surface area contributed by atoms with Crippen LogP contribution in [0.25, 0.3) is 0 Å². The van der Waals surface area contributed by atoms with Crippen LogP contribution >= 0.6 is 22.7 Å². The Bertz CT molecular complexity index is 487. The third-order valence-electron chi connectivity index (χ3n) is 1.95. The number of nitrogens with zero attached hydrogens (tertiary/aromatic N) is 1. The smallest absolute Gasteiger partial charge is 0.213 e. The summed E-state index contributed by atoms with van der Waals surface area (Å²) < 4.78 is 0. The van der Waals surface area contributed by atoms with Gasteiger partial charge in [0.15, 0.2) is 0 Å². The van der Waals surface area contributed by atoms with Crippen molar-refractivity contribution in [1.29, 1.82) is 0 Å². The Kier molecular flexibility index (Phi) is 2.95. The summed E-state index contributed by atoms with van der Waals surface area (Å²) in [5, 5.41) is 4.42. The number of thiophene rings is 1. The van der Waals surface area contributed by atoms with Crippen molar-refractivity contribution in [2.75, 3.05) is 0 Å². The minimum absolute atomic E-state index is 0.0182. The molecule has 3 nitrogen and oxygen atoms in total. The molecule has 2 rings (SSSR count). The molecule has 0 saturated heterocycles. The van der Waals surface area contributed by atoms with E-state index in [0.717, 1.165) is 9.88 Å². The second-order valence-electron chi connectivity index (χ2n) is 3.11. The van der Waals surface area contributed by atoms with Gasteiger partial charge in [0.2, 0.25) is 5.78 Å². The Balaban J connectivity index is 2.28. The molecule has 2 heterocycles. The fourth-order valence-corrected chi connectivity index (χ4v) is 2.56. The highest BCUT2D eigenvalue weighted by Gasteiger charge is 2.13. The van der Waals surface area contributed by atoms with Crippen LogP contribution in [0.3, 0.4) is 0 Å². The van der Waals surface area contributed by atoms with Gasteiger partial charge < -0.3 is 5.73 Å². The molecule has 2 N–H and O–H groups in total. The van der Waals surface area contributed by atoms with E-state index in [4.69, 9.17) is 5.73 Å². The van der Waals surface area contributed by atoms with Gasteiger partial charge in [-0.1, -0.05) is 0 Å². The number of rotatable bonds is 3. The first-order valence-electron chi connectivity index (χ1n) is 4.45. The lowest BCUT2D eigenvalue weighted by molar-refractivity contribution is 0.103. The number of aryl methyl sites for hydroxylation is 1. The van der Waals surface area contributed by atoms with Crippen molar-refractivity contribution in [3.63, 3.8) is 0 Å². The van der Waals surface area contributed by atoms with E-state index >= 15 is 0 Å². The van der Waals surface area contributed by atoms with Gasteiger partial charge in [-0.25, -0.2) is 4.98 Å². The Morgan fingerprint density at radius 3 is 2.80 bits per heavy atom. The summed E-state index contributed by atoms with van der Waals surface area (Å²) in [6.07, 6.45) is 0. The summed E-state index contributed by atoms with van der Waals surface area (Å²) in [5.41, 5.74) is 6.66. The average Bonchev–Trinajstić information content (AvgIpc) is 2.84. The maximum absolute atomic E-state index is 11.9. The lowest BCUT2D eigenvalue weighted by Crippen LogP contribution is -2.02. The SMILES string of the molecule is Cc1cc(C(=O)c2csc(CN)n2)cs1. The van der Waals surface area contributed by atoms with Gasteiger partial charge in [-0.2, -0.15) is 0 Å². The van der Waals surface area contributed by atoms with Crippen LogP contribution in [0.1, 0.15) is 25.9 Å². The summed E-state index contributed by atoms with van der Waals surface area (Å²) >= 11 is 3.00. The van der Waals surface area contributed by atoms with Gasteiger partial charge in [0, 0.05) is 27.7 Å². The lowest BCUT2D eigenvalue weighted by Gasteiger charge is -1.91. The highest BCUT2D eigenvalue weighted by atomic mass is 32.1. The predicted octanol–water partition coefficient (Wildman–Crippen LogP) is 2.20. The third-order valence-corrected chi connectivity index (χ3v) is 3.68. The van der Waals surface area contributed by atoms with Crippen LogP contribution in [-0.4, -0.2) is 10.8 Å². The van der Waals surface area contributed by atoms with Crippen LogP contribution in [0.4, 0.5) is 0 Å². The van der Waals surface area contributed by atoms with E-state index in [9.17, 15) is 4.79 Å². The van der Waals surface area contributed by atoms with Crippen molar-refractivity contribution in [2.24, 2.45) is 5.73 Å². The largest absolute Gasteiger partial charge is 0.325 e. The van der Waals surface area contributed by atoms with Crippen LogP contribution in [0.15, 0.2) is 16.8 Å². The molecule has 0 bridgehead atoms. The number of carbonyl (C=O) groups excluding carboxylic acids is 1. The van der Waals surface area contributed by atoms with Crippen molar-refractivity contribution in [1.82, 2.24) is 4.98 Å². The minimum atomic E-state index is -0.0182. The normalized spacial score (nSPS) is 10.5. The van der Waals surface area contributed by atoms with Crippen molar-refractivity contribution in [3.05, 3.63) is 38.0 Å². The number of thiazole rings is 1. The zero-order valence-corrected chi connectivity index (χ0v) is 9.82. The van der Waals surface area contributed by atoms with E-state index < -0.39 is 0 Å². The summed E-state index contributed by atoms with van der Waals surface area (Å²) in [5.74, 6) is -0.0182. The van der Waals surface area contributed by atoms with Gasteiger partial charge in [0.1, 0.15) is 10.7 Å². The fourth-order valence-electron chi connectivity index (χ4n) is 1.22. The summed E-state index contributed by atoms with van der Waals surface area (Å²) in [6, 6.07) is 1.88. The van der Waals surface area contributed by atoms with Crippen LogP contribution in [0, 0.1) is 6.92 Å². The highest BCUT2D eigenvalue weighted by molar-refractivity contribution is 7.10. The van der Waals surface area contributed by atoms with Gasteiger partial charge in [-0.3, -0.25) is 4.79 Å². The van der Waals surface area contributed by atoms with E-state index in [1.807, 2.05) is 18.4 Å². The third kappa shape index (κ3) is 2.14. The number of nitrogens with two attached hydrogens (primary N) is 1. The van der Waals surface area contributed by atoms with E-state index in [1.165, 1.54) is 11.3 Å². The molecule has 2 aromatic rings. The molecule has 0 aliphatic rings. The molecule has 0 amide bonds. The number of hydrogen-bond donors (Lipinski definition) is 1. The molecule has 0 aromatic carbocycles. The summed E-state index contributed by atoms with van der Waals surface area (Å²) in [6.45, 7) is 2.37. The molecule has 0 fully saturated rings. The van der Waals surface area contributed by atoms with Crippen molar-refractivity contribution in [3.8, 4) is 0 Å². The Labute approximate surface area is 95.6 Å².